The number of aromatic nitrogens is 2. The first-order valence-corrected chi connectivity index (χ1v) is 14.4. The van der Waals surface area contributed by atoms with Crippen LogP contribution in [0.25, 0.3) is 0 Å². The molecule has 0 saturated carbocycles. The molecule has 10 heteroatoms. The summed E-state index contributed by atoms with van der Waals surface area (Å²) in [5.41, 5.74) is 6.02. The lowest BCUT2D eigenvalue weighted by molar-refractivity contribution is -0.132. The molecular weight excluding hydrogens is 528 g/mol. The highest BCUT2D eigenvalue weighted by Crippen LogP contribution is 2.44. The minimum absolute atomic E-state index is 0.0113. The molecule has 3 atom stereocenters. The van der Waals surface area contributed by atoms with Gasteiger partial charge in [-0.25, -0.2) is 13.8 Å². The number of amides is 2. The summed E-state index contributed by atoms with van der Waals surface area (Å²) in [5.74, 6) is -3.23. The van der Waals surface area contributed by atoms with Crippen LogP contribution in [0.2, 0.25) is 0 Å². The van der Waals surface area contributed by atoms with E-state index in [2.05, 4.69) is 10.3 Å². The number of carbonyl (C=O) groups excluding carboxylic acids is 2. The molecule has 2 aromatic rings. The molecule has 1 heterocycles. The van der Waals surface area contributed by atoms with E-state index in [0.29, 0.717) is 36.3 Å². The summed E-state index contributed by atoms with van der Waals surface area (Å²) in [7, 11) is 0. The predicted molar refractivity (Wildman–Crippen MR) is 155 cm³/mol. The zero-order chi connectivity index (χ0) is 30.0. The molecule has 1 aliphatic rings. The van der Waals surface area contributed by atoms with Crippen molar-refractivity contribution in [3.8, 4) is 0 Å². The second-order valence-corrected chi connectivity index (χ2v) is 10.9. The lowest BCUT2D eigenvalue weighted by atomic mass is 9.63. The molecule has 0 aliphatic heterocycles. The van der Waals surface area contributed by atoms with E-state index in [9.17, 15) is 23.5 Å². The molecule has 1 aromatic carbocycles. The van der Waals surface area contributed by atoms with E-state index in [4.69, 9.17) is 5.73 Å². The number of hydrogen-bond donors (Lipinski definition) is 3. The number of nitrogens with one attached hydrogen (secondary N) is 1. The van der Waals surface area contributed by atoms with Gasteiger partial charge in [0.1, 0.15) is 11.6 Å². The Morgan fingerprint density at radius 3 is 2.46 bits per heavy atom. The summed E-state index contributed by atoms with van der Waals surface area (Å²) in [4.78, 5) is 32.7. The highest BCUT2D eigenvalue weighted by molar-refractivity contribution is 5.96. The minimum atomic E-state index is -1.45. The van der Waals surface area contributed by atoms with Gasteiger partial charge in [-0.3, -0.25) is 9.59 Å². The first-order chi connectivity index (χ1) is 19.6. The van der Waals surface area contributed by atoms with Crippen molar-refractivity contribution < 1.29 is 23.5 Å². The summed E-state index contributed by atoms with van der Waals surface area (Å²) >= 11 is 0. The highest BCUT2D eigenvalue weighted by Gasteiger charge is 2.48. The largest absolute Gasteiger partial charge is 0.391 e. The van der Waals surface area contributed by atoms with Crippen LogP contribution in [0, 0.1) is 23.0 Å². The fourth-order valence-electron chi connectivity index (χ4n) is 5.76. The molecule has 1 unspecified atom stereocenters. The Labute approximate surface area is 241 Å². The molecule has 1 aliphatic carbocycles. The van der Waals surface area contributed by atoms with Crippen molar-refractivity contribution in [3.63, 3.8) is 0 Å². The SMILES string of the molecule is CCCN(CCC)C(=O)C1=CC(C)=CC(C(N)=O)([C@H](Cc2cc(F)cc(F)c2)[C@@H](O)CNCCCn2ccnc2)C1. The van der Waals surface area contributed by atoms with Crippen molar-refractivity contribution in [1.82, 2.24) is 19.8 Å². The van der Waals surface area contributed by atoms with Gasteiger partial charge in [-0.1, -0.05) is 31.6 Å². The minimum Gasteiger partial charge on any atom is -0.391 e. The number of nitrogens with zero attached hydrogens (tertiary/aromatic N) is 3. The van der Waals surface area contributed by atoms with E-state index in [1.54, 1.807) is 36.5 Å². The van der Waals surface area contributed by atoms with Gasteiger partial charge in [0, 0.05) is 56.1 Å². The van der Waals surface area contributed by atoms with Crippen molar-refractivity contribution in [3.05, 3.63) is 77.4 Å². The number of allylic oxidation sites excluding steroid dienone is 2. The van der Waals surface area contributed by atoms with Crippen LogP contribution in [-0.2, 0) is 22.6 Å². The molecule has 2 amide bonds. The van der Waals surface area contributed by atoms with E-state index in [1.807, 2.05) is 24.6 Å². The van der Waals surface area contributed by atoms with Crippen LogP contribution in [0.4, 0.5) is 8.78 Å². The standard InChI is InChI=1S/C31H43F2N5O3/c1-4-9-38(10-5-2)29(40)24-13-22(3)18-31(19-24,30(34)41)27(16-23-14-25(32)17-26(33)15-23)28(39)20-35-7-6-11-37-12-8-36-21-37/h8,12-15,17-18,21,27-28,35,39H,4-7,9-11,16,19-20H2,1-3H3,(H2,34,41)/t27-,28+,31?/m1/s1. The molecule has 0 saturated heterocycles. The van der Waals surface area contributed by atoms with Gasteiger partial charge in [0.05, 0.1) is 17.8 Å². The Balaban J connectivity index is 1.90. The number of halogens is 2. The Morgan fingerprint density at radius 2 is 1.88 bits per heavy atom. The normalized spacial score (nSPS) is 18.4. The average molecular weight is 572 g/mol. The van der Waals surface area contributed by atoms with Crippen molar-refractivity contribution >= 4 is 11.8 Å². The fraction of sp³-hybridized carbons (Fsp3) is 0.516. The third-order valence-corrected chi connectivity index (χ3v) is 7.56. The number of imidazole rings is 1. The molecule has 4 N–H and O–H groups in total. The number of primary amides is 1. The second kappa shape index (κ2) is 15.0. The van der Waals surface area contributed by atoms with Gasteiger partial charge in [-0.15, -0.1) is 0 Å². The smallest absolute Gasteiger partial charge is 0.249 e. The second-order valence-electron chi connectivity index (χ2n) is 10.9. The lowest BCUT2D eigenvalue weighted by Gasteiger charge is -2.42. The van der Waals surface area contributed by atoms with Crippen molar-refractivity contribution in [2.45, 2.75) is 65.5 Å². The number of hydrogen-bond acceptors (Lipinski definition) is 5. The molecule has 224 valence electrons. The Morgan fingerprint density at radius 1 is 1.20 bits per heavy atom. The van der Waals surface area contributed by atoms with E-state index in [1.165, 1.54) is 12.1 Å². The van der Waals surface area contributed by atoms with Gasteiger partial charge >= 0.3 is 0 Å². The van der Waals surface area contributed by atoms with Crippen LogP contribution in [0.5, 0.6) is 0 Å². The quantitative estimate of drug-likeness (QED) is 0.266. The maximum atomic E-state index is 14.2. The first-order valence-electron chi connectivity index (χ1n) is 14.4. The summed E-state index contributed by atoms with van der Waals surface area (Å²) in [6.07, 6.45) is 9.98. The number of carbonyl (C=O) groups is 2. The molecule has 0 spiro atoms. The first kappa shape index (κ1) is 32.1. The van der Waals surface area contributed by atoms with Crippen LogP contribution in [0.1, 0.15) is 52.0 Å². The van der Waals surface area contributed by atoms with Gasteiger partial charge in [-0.05, 0) is 63.3 Å². The number of rotatable bonds is 16. The third kappa shape index (κ3) is 8.56. The molecular formula is C31H43F2N5O3. The summed E-state index contributed by atoms with van der Waals surface area (Å²) in [6, 6.07) is 3.17. The number of benzene rings is 1. The Hall–Kier alpha value is -3.37. The van der Waals surface area contributed by atoms with E-state index >= 15 is 0 Å². The fourth-order valence-corrected chi connectivity index (χ4v) is 5.76. The monoisotopic (exact) mass is 571 g/mol. The van der Waals surface area contributed by atoms with Crippen molar-refractivity contribution in [1.29, 1.82) is 0 Å². The summed E-state index contributed by atoms with van der Waals surface area (Å²) in [5, 5.41) is 14.8. The molecule has 0 bridgehead atoms. The zero-order valence-electron chi connectivity index (χ0n) is 24.3. The van der Waals surface area contributed by atoms with Crippen LogP contribution in [-0.4, -0.2) is 63.7 Å². The lowest BCUT2D eigenvalue weighted by Crippen LogP contribution is -2.52. The summed E-state index contributed by atoms with van der Waals surface area (Å²) in [6.45, 7) is 8.38. The number of aryl methyl sites for hydroxylation is 1. The number of nitrogens with two attached hydrogens (primary N) is 1. The van der Waals surface area contributed by atoms with E-state index in [0.717, 1.165) is 31.9 Å². The molecule has 0 radical (unpaired) electrons. The molecule has 41 heavy (non-hydrogen) atoms. The van der Waals surface area contributed by atoms with Crippen LogP contribution in [0.3, 0.4) is 0 Å². The van der Waals surface area contributed by atoms with E-state index in [-0.39, 0.29) is 25.3 Å². The predicted octanol–water partition coefficient (Wildman–Crippen LogP) is 3.76. The Bertz CT molecular complexity index is 1200. The van der Waals surface area contributed by atoms with E-state index < -0.39 is 35.0 Å². The summed E-state index contributed by atoms with van der Waals surface area (Å²) < 4.78 is 30.3. The average Bonchev–Trinajstić information content (AvgIpc) is 3.43. The van der Waals surface area contributed by atoms with Crippen molar-refractivity contribution in [2.75, 3.05) is 26.2 Å². The van der Waals surface area contributed by atoms with Crippen LogP contribution in [0.15, 0.2) is 60.2 Å². The number of aliphatic hydroxyl groups is 1. The maximum absolute atomic E-state index is 14.2. The number of aliphatic hydroxyl groups excluding tert-OH is 1. The van der Waals surface area contributed by atoms with Crippen molar-refractivity contribution in [2.24, 2.45) is 17.1 Å². The van der Waals surface area contributed by atoms with Gasteiger partial charge in [0.15, 0.2) is 0 Å². The molecule has 3 rings (SSSR count). The topological polar surface area (TPSA) is 113 Å². The molecule has 8 nitrogen and oxygen atoms in total. The molecule has 1 aromatic heterocycles. The zero-order valence-corrected chi connectivity index (χ0v) is 24.3. The third-order valence-electron chi connectivity index (χ3n) is 7.56. The van der Waals surface area contributed by atoms with Gasteiger partial charge in [0.2, 0.25) is 11.8 Å². The van der Waals surface area contributed by atoms with Crippen LogP contribution >= 0.6 is 0 Å². The maximum Gasteiger partial charge on any atom is 0.249 e. The highest BCUT2D eigenvalue weighted by atomic mass is 19.1. The molecule has 0 fully saturated rings. The van der Waals surface area contributed by atoms with Crippen LogP contribution < -0.4 is 11.1 Å². The van der Waals surface area contributed by atoms with Gasteiger partial charge in [0.25, 0.3) is 0 Å². The van der Waals surface area contributed by atoms with Gasteiger partial charge < -0.3 is 25.6 Å². The Kier molecular flexibility index (Phi) is 11.8. The van der Waals surface area contributed by atoms with Gasteiger partial charge in [-0.2, -0.15) is 0 Å².